The number of rotatable bonds is 4. The Bertz CT molecular complexity index is 615. The summed E-state index contributed by atoms with van der Waals surface area (Å²) < 4.78 is 11.8. The average Bonchev–Trinajstić information content (AvgIpc) is 2.69. The molecule has 1 aromatic carbocycles. The van der Waals surface area contributed by atoms with Gasteiger partial charge in [0.1, 0.15) is 0 Å². The monoisotopic (exact) mass is 314 g/mol. The van der Waals surface area contributed by atoms with E-state index in [0.29, 0.717) is 0 Å². The molecule has 9 heteroatoms. The Balaban J connectivity index is 2.44. The summed E-state index contributed by atoms with van der Waals surface area (Å²) in [5.41, 5.74) is 3.64. The molecule has 1 fully saturated rings. The standard InChI is InChI=1S/C12H15N2O6P/c13-12(11(16)17)6-7-14(10(12)15)9(21(18,19)20)8-4-2-1-3-5-8/h1-5,9H,6-7,13H2,(H,16,17)(H2,18,19,20). The smallest absolute Gasteiger partial charge is 0.352 e. The van der Waals surface area contributed by atoms with Gasteiger partial charge in [-0.2, -0.15) is 0 Å². The van der Waals surface area contributed by atoms with Crippen molar-refractivity contribution in [3.8, 4) is 0 Å². The summed E-state index contributed by atoms with van der Waals surface area (Å²) in [6, 6.07) is 7.75. The summed E-state index contributed by atoms with van der Waals surface area (Å²) >= 11 is 0. The number of hydrogen-bond acceptors (Lipinski definition) is 4. The number of aliphatic carboxylic acids is 1. The Hall–Kier alpha value is -1.73. The summed E-state index contributed by atoms with van der Waals surface area (Å²) in [7, 11) is -4.71. The molecule has 114 valence electrons. The molecule has 0 radical (unpaired) electrons. The van der Waals surface area contributed by atoms with Gasteiger partial charge in [-0.1, -0.05) is 30.3 Å². The molecule has 1 aliphatic heterocycles. The van der Waals surface area contributed by atoms with Gasteiger partial charge in [0.25, 0.3) is 5.91 Å². The molecule has 0 spiro atoms. The molecule has 2 rings (SSSR count). The van der Waals surface area contributed by atoms with E-state index in [1.54, 1.807) is 18.2 Å². The summed E-state index contributed by atoms with van der Waals surface area (Å²) in [6.07, 6.45) is -0.204. The number of carbonyl (C=O) groups is 2. The van der Waals surface area contributed by atoms with Crippen molar-refractivity contribution in [2.45, 2.75) is 17.7 Å². The van der Waals surface area contributed by atoms with Crippen molar-refractivity contribution in [1.82, 2.24) is 4.90 Å². The number of hydrogen-bond donors (Lipinski definition) is 4. The van der Waals surface area contributed by atoms with Gasteiger partial charge in [0, 0.05) is 13.0 Å². The second kappa shape index (κ2) is 5.23. The van der Waals surface area contributed by atoms with Crippen LogP contribution in [0.1, 0.15) is 17.8 Å². The molecule has 1 saturated heterocycles. The van der Waals surface area contributed by atoms with Crippen LogP contribution in [0.3, 0.4) is 0 Å². The van der Waals surface area contributed by atoms with E-state index in [-0.39, 0.29) is 18.5 Å². The van der Waals surface area contributed by atoms with Crippen LogP contribution in [-0.2, 0) is 14.2 Å². The minimum atomic E-state index is -4.71. The van der Waals surface area contributed by atoms with Crippen LogP contribution in [0.2, 0.25) is 0 Å². The molecule has 0 saturated carbocycles. The third-order valence-corrected chi connectivity index (χ3v) is 4.70. The van der Waals surface area contributed by atoms with Crippen molar-refractivity contribution in [3.05, 3.63) is 35.9 Å². The van der Waals surface area contributed by atoms with Gasteiger partial charge >= 0.3 is 13.6 Å². The lowest BCUT2D eigenvalue weighted by Gasteiger charge is -2.29. The van der Waals surface area contributed by atoms with Crippen molar-refractivity contribution in [3.63, 3.8) is 0 Å². The van der Waals surface area contributed by atoms with Crippen LogP contribution in [0.15, 0.2) is 30.3 Å². The number of likely N-dealkylation sites (tertiary alicyclic amines) is 1. The zero-order chi connectivity index (χ0) is 15.8. The molecule has 21 heavy (non-hydrogen) atoms. The number of carbonyl (C=O) groups excluding carboxylic acids is 1. The Morgan fingerprint density at radius 1 is 1.33 bits per heavy atom. The van der Waals surface area contributed by atoms with Crippen molar-refractivity contribution in [2.24, 2.45) is 5.73 Å². The molecule has 0 aromatic heterocycles. The highest BCUT2D eigenvalue weighted by Gasteiger charge is 2.54. The van der Waals surface area contributed by atoms with Gasteiger partial charge in [0.15, 0.2) is 11.3 Å². The second-order valence-corrected chi connectivity index (χ2v) is 6.57. The van der Waals surface area contributed by atoms with Gasteiger partial charge in [-0.25, -0.2) is 4.79 Å². The first-order valence-electron chi connectivity index (χ1n) is 6.11. The maximum Gasteiger partial charge on any atom is 0.352 e. The molecule has 1 heterocycles. The van der Waals surface area contributed by atoms with Crippen LogP contribution < -0.4 is 5.73 Å². The molecular formula is C12H15N2O6P. The quantitative estimate of drug-likeness (QED) is 0.448. The van der Waals surface area contributed by atoms with Crippen LogP contribution in [0.4, 0.5) is 0 Å². The summed E-state index contributed by atoms with van der Waals surface area (Å²) in [6.45, 7) is -0.133. The normalized spacial score (nSPS) is 24.1. The van der Waals surface area contributed by atoms with Crippen LogP contribution in [-0.4, -0.2) is 43.8 Å². The van der Waals surface area contributed by atoms with E-state index < -0.39 is 30.8 Å². The number of benzene rings is 1. The third kappa shape index (κ3) is 2.71. The highest BCUT2D eigenvalue weighted by Crippen LogP contribution is 2.55. The molecule has 1 aliphatic rings. The van der Waals surface area contributed by atoms with Gasteiger partial charge in [-0.15, -0.1) is 0 Å². The Labute approximate surface area is 120 Å². The average molecular weight is 314 g/mol. The fourth-order valence-electron chi connectivity index (χ4n) is 2.37. The molecule has 2 unspecified atom stereocenters. The first kappa shape index (κ1) is 15.7. The Kier molecular flexibility index (Phi) is 3.90. The molecule has 1 amide bonds. The zero-order valence-corrected chi connectivity index (χ0v) is 11.8. The van der Waals surface area contributed by atoms with Crippen LogP contribution in [0.5, 0.6) is 0 Å². The van der Waals surface area contributed by atoms with Gasteiger partial charge in [0.2, 0.25) is 0 Å². The van der Waals surface area contributed by atoms with E-state index in [2.05, 4.69) is 0 Å². The number of amides is 1. The lowest BCUT2D eigenvalue weighted by molar-refractivity contribution is -0.150. The lowest BCUT2D eigenvalue weighted by Crippen LogP contribution is -2.54. The van der Waals surface area contributed by atoms with Crippen LogP contribution >= 0.6 is 7.60 Å². The summed E-state index contributed by atoms with van der Waals surface area (Å²) in [5.74, 6) is -4.03. The van der Waals surface area contributed by atoms with Crippen molar-refractivity contribution >= 4 is 19.5 Å². The van der Waals surface area contributed by atoms with Crippen molar-refractivity contribution < 1.29 is 29.0 Å². The highest BCUT2D eigenvalue weighted by molar-refractivity contribution is 7.52. The minimum Gasteiger partial charge on any atom is -0.479 e. The van der Waals surface area contributed by atoms with Crippen molar-refractivity contribution in [1.29, 1.82) is 0 Å². The van der Waals surface area contributed by atoms with Gasteiger partial charge < -0.3 is 25.5 Å². The van der Waals surface area contributed by atoms with E-state index in [1.807, 2.05) is 0 Å². The van der Waals surface area contributed by atoms with E-state index >= 15 is 0 Å². The van der Waals surface area contributed by atoms with Gasteiger partial charge in [0.05, 0.1) is 0 Å². The minimum absolute atomic E-state index is 0.133. The topological polar surface area (TPSA) is 141 Å². The summed E-state index contributed by atoms with van der Waals surface area (Å²) in [5, 5.41) is 9.05. The Morgan fingerprint density at radius 2 is 1.90 bits per heavy atom. The first-order chi connectivity index (χ1) is 9.68. The van der Waals surface area contributed by atoms with Crippen molar-refractivity contribution in [2.75, 3.05) is 6.54 Å². The SMILES string of the molecule is NC1(C(=O)O)CCN(C(c2ccccc2)P(=O)(O)O)C1=O. The highest BCUT2D eigenvalue weighted by atomic mass is 31.2. The van der Waals surface area contributed by atoms with Gasteiger partial charge in [-0.05, 0) is 5.56 Å². The predicted molar refractivity (Wildman–Crippen MR) is 72.1 cm³/mol. The molecule has 2 atom stereocenters. The molecule has 0 bridgehead atoms. The largest absolute Gasteiger partial charge is 0.479 e. The summed E-state index contributed by atoms with van der Waals surface area (Å²) in [4.78, 5) is 43.3. The third-order valence-electron chi connectivity index (χ3n) is 3.48. The zero-order valence-electron chi connectivity index (χ0n) is 10.9. The fraction of sp³-hybridized carbons (Fsp3) is 0.333. The molecule has 5 N–H and O–H groups in total. The van der Waals surface area contributed by atoms with E-state index in [9.17, 15) is 23.9 Å². The first-order valence-corrected chi connectivity index (χ1v) is 7.79. The van der Waals surface area contributed by atoms with Gasteiger partial charge in [-0.3, -0.25) is 9.36 Å². The maximum absolute atomic E-state index is 12.2. The second-order valence-electron chi connectivity index (χ2n) is 4.90. The van der Waals surface area contributed by atoms with Crippen LogP contribution in [0.25, 0.3) is 0 Å². The van der Waals surface area contributed by atoms with E-state index in [0.717, 1.165) is 4.90 Å². The Morgan fingerprint density at radius 3 is 2.33 bits per heavy atom. The predicted octanol–water partition coefficient (Wildman–Crippen LogP) is -0.123. The van der Waals surface area contributed by atoms with E-state index in [1.165, 1.54) is 12.1 Å². The number of carboxylic acid groups (broad SMARTS) is 1. The number of nitrogens with two attached hydrogens (primary N) is 1. The maximum atomic E-state index is 12.2. The number of carboxylic acids is 1. The van der Waals surface area contributed by atoms with E-state index in [4.69, 9.17) is 10.8 Å². The number of nitrogens with zero attached hydrogens (tertiary/aromatic N) is 1. The lowest BCUT2D eigenvalue weighted by atomic mass is 10.00. The molecule has 8 nitrogen and oxygen atoms in total. The fourth-order valence-corrected chi connectivity index (χ4v) is 3.52. The molecule has 1 aromatic rings. The van der Waals surface area contributed by atoms with Crippen LogP contribution in [0, 0.1) is 0 Å². The molecular weight excluding hydrogens is 299 g/mol. The molecule has 0 aliphatic carbocycles.